The van der Waals surface area contributed by atoms with Crippen molar-refractivity contribution in [2.24, 2.45) is 0 Å². The molecule has 0 amide bonds. The maximum atomic E-state index is 11.9. The Bertz CT molecular complexity index is 283. The first-order chi connectivity index (χ1) is 9.03. The normalized spacial score (nSPS) is 23.3. The number of rotatable bonds is 8. The van der Waals surface area contributed by atoms with Crippen molar-refractivity contribution in [3.8, 4) is 0 Å². The van der Waals surface area contributed by atoms with Gasteiger partial charge in [0.25, 0.3) is 0 Å². The Balaban J connectivity index is 2.27. The van der Waals surface area contributed by atoms with E-state index >= 15 is 0 Å². The number of nitrogens with one attached hydrogen (secondary N) is 1. The summed E-state index contributed by atoms with van der Waals surface area (Å²) in [4.78, 5) is 14.5. The van der Waals surface area contributed by atoms with E-state index in [0.29, 0.717) is 6.61 Å². The zero-order valence-corrected chi connectivity index (χ0v) is 13.0. The maximum absolute atomic E-state index is 11.9. The first-order valence-electron chi connectivity index (χ1n) is 7.63. The second kappa shape index (κ2) is 7.85. The van der Waals surface area contributed by atoms with Gasteiger partial charge in [0.15, 0.2) is 0 Å². The van der Waals surface area contributed by atoms with Crippen LogP contribution in [0.1, 0.15) is 52.9 Å². The first-order valence-corrected chi connectivity index (χ1v) is 7.63. The number of hydrogen-bond donors (Lipinski definition) is 1. The van der Waals surface area contributed by atoms with Crippen molar-refractivity contribution in [2.45, 2.75) is 64.5 Å². The molecule has 0 aromatic heterocycles. The molecule has 0 bridgehead atoms. The van der Waals surface area contributed by atoms with Crippen LogP contribution in [0.3, 0.4) is 0 Å². The number of nitrogens with zero attached hydrogens (tertiary/aromatic N) is 1. The van der Waals surface area contributed by atoms with Gasteiger partial charge in [-0.3, -0.25) is 4.79 Å². The van der Waals surface area contributed by atoms with Crippen LogP contribution in [0.15, 0.2) is 0 Å². The fraction of sp³-hybridized carbons (Fsp3) is 0.933. The molecule has 4 heteroatoms. The van der Waals surface area contributed by atoms with E-state index in [1.165, 1.54) is 19.4 Å². The van der Waals surface area contributed by atoms with Crippen LogP contribution in [0.4, 0.5) is 0 Å². The van der Waals surface area contributed by atoms with Gasteiger partial charge in [0, 0.05) is 6.04 Å². The summed E-state index contributed by atoms with van der Waals surface area (Å²) in [6.07, 6.45) is 5.71. The number of hydrogen-bond acceptors (Lipinski definition) is 4. The van der Waals surface area contributed by atoms with Gasteiger partial charge in [-0.1, -0.05) is 0 Å². The minimum atomic E-state index is -0.535. The number of carbonyl (C=O) groups excluding carboxylic acids is 1. The third-order valence-corrected chi connectivity index (χ3v) is 4.34. The molecule has 1 aliphatic heterocycles. The van der Waals surface area contributed by atoms with Crippen molar-refractivity contribution < 1.29 is 9.53 Å². The van der Waals surface area contributed by atoms with Crippen molar-refractivity contribution >= 4 is 5.97 Å². The van der Waals surface area contributed by atoms with Crippen molar-refractivity contribution in [3.63, 3.8) is 0 Å². The molecule has 1 heterocycles. The maximum Gasteiger partial charge on any atom is 0.326 e. The number of esters is 1. The number of carbonyl (C=O) groups is 1. The van der Waals surface area contributed by atoms with Gasteiger partial charge >= 0.3 is 5.97 Å². The standard InChI is InChI=1S/C15H30N2O2/c1-5-19-14(18)15(3,16-4)10-6-7-11-17-12-8-9-13(17)2/h13,16H,5-12H2,1-4H3. The molecule has 1 N–H and O–H groups in total. The molecule has 0 saturated carbocycles. The second-order valence-electron chi connectivity index (χ2n) is 5.79. The summed E-state index contributed by atoms with van der Waals surface area (Å²) >= 11 is 0. The summed E-state index contributed by atoms with van der Waals surface area (Å²) in [6.45, 7) is 8.93. The Labute approximate surface area is 117 Å². The number of likely N-dealkylation sites (tertiary alicyclic amines) is 1. The van der Waals surface area contributed by atoms with E-state index in [1.807, 2.05) is 20.9 Å². The average molecular weight is 270 g/mol. The quantitative estimate of drug-likeness (QED) is 0.542. The molecule has 1 fully saturated rings. The van der Waals surface area contributed by atoms with Crippen molar-refractivity contribution in [2.75, 3.05) is 26.7 Å². The molecule has 0 aromatic rings. The van der Waals surface area contributed by atoms with Crippen molar-refractivity contribution in [3.05, 3.63) is 0 Å². The van der Waals surface area contributed by atoms with Gasteiger partial charge in [-0.25, -0.2) is 0 Å². The lowest BCUT2D eigenvalue weighted by Crippen LogP contribution is -2.48. The van der Waals surface area contributed by atoms with E-state index in [2.05, 4.69) is 17.1 Å². The minimum Gasteiger partial charge on any atom is -0.465 e. The molecule has 1 saturated heterocycles. The molecule has 112 valence electrons. The molecule has 0 aliphatic carbocycles. The van der Waals surface area contributed by atoms with Gasteiger partial charge in [-0.05, 0) is 73.0 Å². The van der Waals surface area contributed by atoms with Gasteiger partial charge in [0.1, 0.15) is 5.54 Å². The van der Waals surface area contributed by atoms with Crippen LogP contribution in [-0.4, -0.2) is 49.2 Å². The number of ether oxygens (including phenoxy) is 1. The Morgan fingerprint density at radius 3 is 2.74 bits per heavy atom. The van der Waals surface area contributed by atoms with Crippen LogP contribution >= 0.6 is 0 Å². The molecule has 4 nitrogen and oxygen atoms in total. The minimum absolute atomic E-state index is 0.132. The van der Waals surface area contributed by atoms with Gasteiger partial charge in [-0.2, -0.15) is 0 Å². The Hall–Kier alpha value is -0.610. The zero-order chi connectivity index (χ0) is 14.3. The van der Waals surface area contributed by atoms with E-state index in [9.17, 15) is 4.79 Å². The first kappa shape index (κ1) is 16.4. The summed E-state index contributed by atoms with van der Waals surface area (Å²) in [5.74, 6) is -0.132. The van der Waals surface area contributed by atoms with E-state index in [1.54, 1.807) is 0 Å². The number of likely N-dealkylation sites (N-methyl/N-ethyl adjacent to an activating group) is 1. The molecule has 1 aliphatic rings. The van der Waals surface area contributed by atoms with Crippen LogP contribution < -0.4 is 5.32 Å². The van der Waals surface area contributed by atoms with Crippen LogP contribution in [0.25, 0.3) is 0 Å². The summed E-state index contributed by atoms with van der Waals surface area (Å²) in [6, 6.07) is 0.737. The van der Waals surface area contributed by atoms with E-state index in [4.69, 9.17) is 4.74 Å². The highest BCUT2D eigenvalue weighted by Gasteiger charge is 2.32. The van der Waals surface area contributed by atoms with Crippen molar-refractivity contribution in [1.29, 1.82) is 0 Å². The SMILES string of the molecule is CCOC(=O)C(C)(CCCCN1CCCC1C)NC. The molecule has 0 radical (unpaired) electrons. The largest absolute Gasteiger partial charge is 0.465 e. The highest BCUT2D eigenvalue weighted by molar-refractivity contribution is 5.80. The van der Waals surface area contributed by atoms with Crippen LogP contribution in [0, 0.1) is 0 Å². The smallest absolute Gasteiger partial charge is 0.326 e. The third kappa shape index (κ3) is 4.77. The summed E-state index contributed by atoms with van der Waals surface area (Å²) in [5.41, 5.74) is -0.535. The van der Waals surface area contributed by atoms with Gasteiger partial charge in [-0.15, -0.1) is 0 Å². The lowest BCUT2D eigenvalue weighted by molar-refractivity contribution is -0.150. The second-order valence-corrected chi connectivity index (χ2v) is 5.79. The lowest BCUT2D eigenvalue weighted by atomic mass is 9.95. The van der Waals surface area contributed by atoms with Crippen molar-refractivity contribution in [1.82, 2.24) is 10.2 Å². The molecule has 2 atom stereocenters. The zero-order valence-electron chi connectivity index (χ0n) is 13.0. The lowest BCUT2D eigenvalue weighted by Gasteiger charge is -2.27. The highest BCUT2D eigenvalue weighted by Crippen LogP contribution is 2.19. The van der Waals surface area contributed by atoms with E-state index < -0.39 is 5.54 Å². The summed E-state index contributed by atoms with van der Waals surface area (Å²) in [5, 5.41) is 3.11. The van der Waals surface area contributed by atoms with Crippen LogP contribution in [-0.2, 0) is 9.53 Å². The number of unbranched alkanes of at least 4 members (excludes halogenated alkanes) is 1. The van der Waals surface area contributed by atoms with Gasteiger partial charge in [0.05, 0.1) is 6.61 Å². The third-order valence-electron chi connectivity index (χ3n) is 4.34. The fourth-order valence-electron chi connectivity index (χ4n) is 2.74. The predicted molar refractivity (Wildman–Crippen MR) is 78.2 cm³/mol. The molecule has 2 unspecified atom stereocenters. The Morgan fingerprint density at radius 1 is 1.47 bits per heavy atom. The van der Waals surface area contributed by atoms with E-state index in [0.717, 1.165) is 31.8 Å². The topological polar surface area (TPSA) is 41.6 Å². The Morgan fingerprint density at radius 2 is 2.21 bits per heavy atom. The van der Waals surface area contributed by atoms with E-state index in [-0.39, 0.29) is 5.97 Å². The summed E-state index contributed by atoms with van der Waals surface area (Å²) in [7, 11) is 1.83. The molecule has 1 rings (SSSR count). The predicted octanol–water partition coefficient (Wildman–Crippen LogP) is 2.18. The van der Waals surface area contributed by atoms with Gasteiger partial charge in [0.2, 0.25) is 0 Å². The monoisotopic (exact) mass is 270 g/mol. The average Bonchev–Trinajstić information content (AvgIpc) is 2.80. The molecule has 19 heavy (non-hydrogen) atoms. The molecular weight excluding hydrogens is 240 g/mol. The van der Waals surface area contributed by atoms with Gasteiger partial charge < -0.3 is 15.0 Å². The molecular formula is C15H30N2O2. The highest BCUT2D eigenvalue weighted by atomic mass is 16.5. The Kier molecular flexibility index (Phi) is 6.80. The molecule has 0 spiro atoms. The molecule has 0 aromatic carbocycles. The fourth-order valence-corrected chi connectivity index (χ4v) is 2.74. The summed E-state index contributed by atoms with van der Waals surface area (Å²) < 4.78 is 5.13. The van der Waals surface area contributed by atoms with Crippen LogP contribution in [0.5, 0.6) is 0 Å². The van der Waals surface area contributed by atoms with Crippen LogP contribution in [0.2, 0.25) is 0 Å².